The fourth-order valence-corrected chi connectivity index (χ4v) is 5.96. The Labute approximate surface area is 261 Å². The molecule has 4 amide bonds. The summed E-state index contributed by atoms with van der Waals surface area (Å²) in [5.74, 6) is -3.49. The maximum absolute atomic E-state index is 14.4. The van der Waals surface area contributed by atoms with E-state index in [0.717, 1.165) is 32.1 Å². The Hall–Kier alpha value is -4.46. The minimum Gasteiger partial charge on any atom is -0.497 e. The quantitative estimate of drug-likeness (QED) is 0.245. The molecular formula is C31H41N7O7. The lowest BCUT2D eigenvalue weighted by Crippen LogP contribution is -2.52. The third-order valence-corrected chi connectivity index (χ3v) is 8.39. The highest BCUT2D eigenvalue weighted by Gasteiger charge is 2.44. The number of nitrogens with zero attached hydrogens (tertiary/aromatic N) is 5. The summed E-state index contributed by atoms with van der Waals surface area (Å²) >= 11 is 0. The van der Waals surface area contributed by atoms with Crippen LogP contribution in [0.4, 0.5) is 0 Å². The number of primary amides is 1. The largest absolute Gasteiger partial charge is 0.497 e. The molecule has 2 aliphatic rings. The van der Waals surface area contributed by atoms with E-state index in [9.17, 15) is 29.1 Å². The van der Waals surface area contributed by atoms with Crippen LogP contribution < -0.4 is 15.8 Å². The van der Waals surface area contributed by atoms with Crippen molar-refractivity contribution in [1.29, 1.82) is 0 Å². The highest BCUT2D eigenvalue weighted by Crippen LogP contribution is 2.33. The first-order chi connectivity index (χ1) is 21.3. The molecule has 14 heteroatoms. The van der Waals surface area contributed by atoms with Crippen molar-refractivity contribution in [2.24, 2.45) is 16.6 Å². The number of amides is 4. The first kappa shape index (κ1) is 33.4. The molecule has 242 valence electrons. The highest BCUT2D eigenvalue weighted by molar-refractivity contribution is 6.41. The number of likely N-dealkylation sites (tertiary alicyclic amines) is 1. The lowest BCUT2D eigenvalue weighted by Gasteiger charge is -2.27. The van der Waals surface area contributed by atoms with E-state index in [2.05, 4.69) is 20.6 Å². The number of nitrogens with two attached hydrogens (primary N) is 1. The van der Waals surface area contributed by atoms with Gasteiger partial charge in [-0.25, -0.2) is 9.67 Å². The second-order valence-electron chi connectivity index (χ2n) is 12.2. The molecule has 1 aliphatic carbocycles. The molecule has 0 radical (unpaired) electrons. The maximum atomic E-state index is 14.4. The number of nitrogens with one attached hydrogen (secondary N) is 1. The summed E-state index contributed by atoms with van der Waals surface area (Å²) in [6.07, 6.45) is 6.59. The van der Waals surface area contributed by atoms with Crippen molar-refractivity contribution in [2.45, 2.75) is 89.4 Å². The molecule has 1 saturated heterocycles. The van der Waals surface area contributed by atoms with E-state index >= 15 is 0 Å². The molecule has 45 heavy (non-hydrogen) atoms. The molecule has 4 rings (SSSR count). The number of aliphatic imine (C=N–C) groups is 1. The smallest absolute Gasteiger partial charge is 0.287 e. The summed E-state index contributed by atoms with van der Waals surface area (Å²) in [4.78, 5) is 70.6. The molecule has 1 aliphatic heterocycles. The molecule has 0 bridgehead atoms. The van der Waals surface area contributed by atoms with Crippen molar-refractivity contribution in [3.05, 3.63) is 41.7 Å². The summed E-state index contributed by atoms with van der Waals surface area (Å²) < 4.78 is 6.72. The lowest BCUT2D eigenvalue weighted by atomic mass is 9.85. The Morgan fingerprint density at radius 3 is 2.53 bits per heavy atom. The van der Waals surface area contributed by atoms with Gasteiger partial charge in [-0.1, -0.05) is 43.4 Å². The minimum absolute atomic E-state index is 0.0153. The molecule has 2 heterocycles. The number of carbonyl (C=O) groups is 5. The number of hydrogen-bond donors (Lipinski definition) is 3. The molecule has 1 saturated carbocycles. The summed E-state index contributed by atoms with van der Waals surface area (Å²) in [6, 6.07) is 3.54. The first-order valence-corrected chi connectivity index (χ1v) is 15.1. The van der Waals surface area contributed by atoms with Gasteiger partial charge in [0.25, 0.3) is 17.7 Å². The molecule has 2 aromatic rings. The van der Waals surface area contributed by atoms with E-state index in [1.165, 1.54) is 35.9 Å². The van der Waals surface area contributed by atoms with Gasteiger partial charge in [0.2, 0.25) is 11.7 Å². The standard InChI is InChI=1S/C31H41N7O7/c1-18(26(39)27(32)40)34-29(42)24-15-21(38-25(16-33-36-38)31(2,3)44)17-37(24)30(43)23(13-19-9-6-5-7-10-19)35-28(41)20-11-8-12-22(14-20)45-4/h8,11-12,14,16,18-19,21,24,44H,5-7,9-10,13,15,17H2,1-4H3,(H2,32,40)(H,34,42)/b35-23+/t18?,21-,24-/m0/s1. The number of hydrogen-bond acceptors (Lipinski definition) is 9. The number of Topliss-reactive ketones (excluding diaryl/α,β-unsaturated/α-hetero) is 1. The van der Waals surface area contributed by atoms with Crippen LogP contribution in [0.15, 0.2) is 35.5 Å². The van der Waals surface area contributed by atoms with Crippen LogP contribution in [0.5, 0.6) is 5.75 Å². The van der Waals surface area contributed by atoms with Gasteiger partial charge in [0, 0.05) is 18.5 Å². The Morgan fingerprint density at radius 2 is 1.89 bits per heavy atom. The number of aromatic nitrogens is 3. The Kier molecular flexibility index (Phi) is 10.5. The van der Waals surface area contributed by atoms with Gasteiger partial charge in [-0.15, -0.1) is 5.10 Å². The van der Waals surface area contributed by atoms with Crippen LogP contribution in [-0.4, -0.2) is 85.9 Å². The van der Waals surface area contributed by atoms with Gasteiger partial charge in [0.05, 0.1) is 31.1 Å². The molecule has 0 spiro atoms. The van der Waals surface area contributed by atoms with Gasteiger partial charge < -0.3 is 25.8 Å². The number of aliphatic hydroxyl groups is 1. The van der Waals surface area contributed by atoms with Crippen LogP contribution in [0, 0.1) is 5.92 Å². The fraction of sp³-hybridized carbons (Fsp3) is 0.548. The van der Waals surface area contributed by atoms with Crippen LogP contribution >= 0.6 is 0 Å². The molecule has 2 fully saturated rings. The van der Waals surface area contributed by atoms with Crippen LogP contribution in [0.25, 0.3) is 0 Å². The van der Waals surface area contributed by atoms with Crippen molar-refractivity contribution in [3.63, 3.8) is 0 Å². The van der Waals surface area contributed by atoms with Crippen molar-refractivity contribution in [2.75, 3.05) is 13.7 Å². The Balaban J connectivity index is 1.71. The third-order valence-electron chi connectivity index (χ3n) is 8.39. The third kappa shape index (κ3) is 7.98. The number of rotatable bonds is 11. The monoisotopic (exact) mass is 623 g/mol. The first-order valence-electron chi connectivity index (χ1n) is 15.1. The van der Waals surface area contributed by atoms with Gasteiger partial charge in [-0.05, 0) is 51.3 Å². The number of methoxy groups -OCH3 is 1. The van der Waals surface area contributed by atoms with E-state index in [4.69, 9.17) is 10.5 Å². The van der Waals surface area contributed by atoms with Crippen molar-refractivity contribution in [1.82, 2.24) is 25.2 Å². The van der Waals surface area contributed by atoms with Crippen LogP contribution in [-0.2, 0) is 24.8 Å². The van der Waals surface area contributed by atoms with Crippen LogP contribution in [0.2, 0.25) is 0 Å². The summed E-state index contributed by atoms with van der Waals surface area (Å²) in [5.41, 5.74) is 4.45. The van der Waals surface area contributed by atoms with E-state index in [-0.39, 0.29) is 36.6 Å². The normalized spacial score (nSPS) is 20.0. The average molecular weight is 624 g/mol. The van der Waals surface area contributed by atoms with E-state index in [1.54, 1.807) is 32.0 Å². The highest BCUT2D eigenvalue weighted by atomic mass is 16.5. The minimum atomic E-state index is -1.32. The van der Waals surface area contributed by atoms with Crippen LogP contribution in [0.3, 0.4) is 0 Å². The zero-order valence-corrected chi connectivity index (χ0v) is 26.1. The molecule has 4 N–H and O–H groups in total. The number of ketones is 1. The topological polar surface area (TPSA) is 199 Å². The van der Waals surface area contributed by atoms with Gasteiger partial charge >= 0.3 is 0 Å². The SMILES string of the molecule is COc1cccc(C(=O)/N=C(\CC2CCCCC2)C(=O)N2C[C@@H](n3nncc3C(C)(C)O)C[C@H]2C(=O)NC(C)C(=O)C(N)=O)c1. The number of carbonyl (C=O) groups excluding carboxylic acids is 5. The maximum Gasteiger partial charge on any atom is 0.287 e. The number of ether oxygens (including phenoxy) is 1. The predicted octanol–water partition coefficient (Wildman–Crippen LogP) is 1.47. The van der Waals surface area contributed by atoms with Gasteiger partial charge in [0.15, 0.2) is 0 Å². The molecule has 1 aromatic heterocycles. The zero-order chi connectivity index (χ0) is 32.9. The average Bonchev–Trinajstić information content (AvgIpc) is 3.68. The molecule has 3 atom stereocenters. The number of benzene rings is 1. The second kappa shape index (κ2) is 14.1. The van der Waals surface area contributed by atoms with Gasteiger partial charge in [-0.2, -0.15) is 0 Å². The fourth-order valence-electron chi connectivity index (χ4n) is 5.96. The molecule has 1 aromatic carbocycles. The molecule has 1 unspecified atom stereocenters. The Bertz CT molecular complexity index is 1470. The van der Waals surface area contributed by atoms with Crippen molar-refractivity contribution < 1.29 is 33.8 Å². The van der Waals surface area contributed by atoms with Crippen LogP contribution in [0.1, 0.15) is 87.8 Å². The van der Waals surface area contributed by atoms with E-state index in [0.29, 0.717) is 11.4 Å². The van der Waals surface area contributed by atoms with Crippen molar-refractivity contribution in [3.8, 4) is 5.75 Å². The molecular weight excluding hydrogens is 582 g/mol. The summed E-state index contributed by atoms with van der Waals surface area (Å²) in [6.45, 7) is 4.45. The second-order valence-corrected chi connectivity index (χ2v) is 12.2. The van der Waals surface area contributed by atoms with E-state index in [1.807, 2.05) is 0 Å². The van der Waals surface area contributed by atoms with Crippen molar-refractivity contribution >= 4 is 35.1 Å². The molecule has 14 nitrogen and oxygen atoms in total. The summed E-state index contributed by atoms with van der Waals surface area (Å²) in [7, 11) is 1.48. The predicted molar refractivity (Wildman–Crippen MR) is 162 cm³/mol. The summed E-state index contributed by atoms with van der Waals surface area (Å²) in [5, 5.41) is 21.3. The lowest BCUT2D eigenvalue weighted by molar-refractivity contribution is -0.139. The zero-order valence-electron chi connectivity index (χ0n) is 26.1. The Morgan fingerprint density at radius 1 is 1.18 bits per heavy atom. The van der Waals surface area contributed by atoms with Gasteiger partial charge in [0.1, 0.15) is 23.1 Å². The van der Waals surface area contributed by atoms with Gasteiger partial charge in [-0.3, -0.25) is 24.0 Å². The van der Waals surface area contributed by atoms with E-state index < -0.39 is 53.1 Å².